The van der Waals surface area contributed by atoms with Gasteiger partial charge in [0.15, 0.2) is 0 Å². The molecule has 1 unspecified atom stereocenters. The van der Waals surface area contributed by atoms with Crippen LogP contribution in [0.3, 0.4) is 0 Å². The van der Waals surface area contributed by atoms with Gasteiger partial charge >= 0.3 is 0 Å². The third-order valence-electron chi connectivity index (χ3n) is 2.76. The Labute approximate surface area is 115 Å². The van der Waals surface area contributed by atoms with E-state index in [0.29, 0.717) is 0 Å². The molecule has 100 valence electrons. The topological polar surface area (TPSA) is 21.3 Å². The summed E-state index contributed by atoms with van der Waals surface area (Å²) in [6, 6.07) is 5.94. The second kappa shape index (κ2) is 7.45. The molecule has 0 aliphatic carbocycles. The minimum atomic E-state index is 0.205. The molecule has 0 heterocycles. The molecule has 3 heteroatoms. The molecule has 0 spiro atoms. The number of halogens is 1. The van der Waals surface area contributed by atoms with Crippen molar-refractivity contribution in [3.05, 3.63) is 40.9 Å². The van der Waals surface area contributed by atoms with E-state index in [4.69, 9.17) is 16.3 Å². The van der Waals surface area contributed by atoms with Gasteiger partial charge in [0.1, 0.15) is 5.75 Å². The lowest BCUT2D eigenvalue weighted by Crippen LogP contribution is -2.23. The zero-order chi connectivity index (χ0) is 13.5. The van der Waals surface area contributed by atoms with Crippen LogP contribution in [-0.4, -0.2) is 13.7 Å². The summed E-state index contributed by atoms with van der Waals surface area (Å²) in [4.78, 5) is 0. The number of benzene rings is 1. The van der Waals surface area contributed by atoms with E-state index < -0.39 is 0 Å². The monoisotopic (exact) mass is 267 g/mol. The number of rotatable bonds is 7. The smallest absolute Gasteiger partial charge is 0.123 e. The Kier molecular flexibility index (Phi) is 6.23. The van der Waals surface area contributed by atoms with Crippen molar-refractivity contribution in [3.8, 4) is 5.75 Å². The van der Waals surface area contributed by atoms with Gasteiger partial charge in [-0.3, -0.25) is 0 Å². The Bertz CT molecular complexity index is 403. The third kappa shape index (κ3) is 4.35. The molecular formula is C15H22ClNO. The van der Waals surface area contributed by atoms with Crippen molar-refractivity contribution in [2.24, 2.45) is 0 Å². The Balaban J connectivity index is 3.01. The predicted octanol–water partition coefficient (Wildman–Crippen LogP) is 4.36. The number of nitrogens with one attached hydrogen (secondary N) is 1. The lowest BCUT2D eigenvalue weighted by molar-refractivity contribution is 0.398. The van der Waals surface area contributed by atoms with Gasteiger partial charge in [-0.05, 0) is 44.5 Å². The molecule has 0 amide bonds. The zero-order valence-corrected chi connectivity index (χ0v) is 12.2. The molecule has 0 radical (unpaired) electrons. The van der Waals surface area contributed by atoms with Gasteiger partial charge in [-0.2, -0.15) is 0 Å². The molecule has 0 aromatic heterocycles. The molecule has 0 aliphatic rings. The van der Waals surface area contributed by atoms with E-state index in [1.807, 2.05) is 25.1 Å². The second-order valence-electron chi connectivity index (χ2n) is 4.55. The molecule has 0 saturated heterocycles. The van der Waals surface area contributed by atoms with E-state index in [1.165, 1.54) is 0 Å². The first kappa shape index (κ1) is 15.1. The first-order valence-corrected chi connectivity index (χ1v) is 6.67. The Morgan fingerprint density at radius 3 is 2.78 bits per heavy atom. The van der Waals surface area contributed by atoms with Crippen LogP contribution in [0.25, 0.3) is 0 Å². The van der Waals surface area contributed by atoms with Gasteiger partial charge in [0.2, 0.25) is 0 Å². The van der Waals surface area contributed by atoms with Crippen molar-refractivity contribution < 1.29 is 4.74 Å². The average Bonchev–Trinajstić information content (AvgIpc) is 2.34. The van der Waals surface area contributed by atoms with Crippen molar-refractivity contribution in [1.29, 1.82) is 0 Å². The van der Waals surface area contributed by atoms with Gasteiger partial charge in [0, 0.05) is 16.6 Å². The number of hydrogen-bond acceptors (Lipinski definition) is 2. The van der Waals surface area contributed by atoms with Crippen LogP contribution >= 0.6 is 11.6 Å². The Hall–Kier alpha value is -0.990. The standard InChI is InChI=1S/C15H22ClNO/c1-5-8-17-14(9-11(2)3)13-10-12(16)6-7-15(13)18-4/h6-7,10,14,17H,2,5,8-9H2,1,3-4H3. The third-order valence-corrected chi connectivity index (χ3v) is 3.00. The highest BCUT2D eigenvalue weighted by Gasteiger charge is 2.16. The van der Waals surface area contributed by atoms with Crippen molar-refractivity contribution in [3.63, 3.8) is 0 Å². The average molecular weight is 268 g/mol. The fourth-order valence-corrected chi connectivity index (χ4v) is 2.12. The summed E-state index contributed by atoms with van der Waals surface area (Å²) in [5.74, 6) is 0.870. The first-order chi connectivity index (χ1) is 8.58. The Morgan fingerprint density at radius 2 is 2.22 bits per heavy atom. The normalized spacial score (nSPS) is 12.2. The summed E-state index contributed by atoms with van der Waals surface area (Å²) in [6.45, 7) is 9.15. The maximum Gasteiger partial charge on any atom is 0.123 e. The molecule has 1 aromatic carbocycles. The number of hydrogen-bond donors (Lipinski definition) is 1. The van der Waals surface area contributed by atoms with Gasteiger partial charge in [-0.15, -0.1) is 6.58 Å². The lowest BCUT2D eigenvalue weighted by Gasteiger charge is -2.21. The van der Waals surface area contributed by atoms with Crippen molar-refractivity contribution in [2.45, 2.75) is 32.7 Å². The van der Waals surface area contributed by atoms with E-state index in [-0.39, 0.29) is 6.04 Å². The summed E-state index contributed by atoms with van der Waals surface area (Å²) >= 11 is 6.08. The van der Waals surface area contributed by atoms with E-state index >= 15 is 0 Å². The summed E-state index contributed by atoms with van der Waals surface area (Å²) < 4.78 is 5.41. The quantitative estimate of drug-likeness (QED) is 0.742. The largest absolute Gasteiger partial charge is 0.496 e. The minimum absolute atomic E-state index is 0.205. The van der Waals surface area contributed by atoms with Crippen molar-refractivity contribution in [2.75, 3.05) is 13.7 Å². The van der Waals surface area contributed by atoms with E-state index in [2.05, 4.69) is 18.8 Å². The SMILES string of the molecule is C=C(C)CC(NCCC)c1cc(Cl)ccc1OC. The fraction of sp³-hybridized carbons (Fsp3) is 0.467. The molecule has 1 N–H and O–H groups in total. The van der Waals surface area contributed by atoms with Crippen LogP contribution in [0.5, 0.6) is 5.75 Å². The molecule has 18 heavy (non-hydrogen) atoms. The van der Waals surface area contributed by atoms with Crippen LogP contribution in [0.15, 0.2) is 30.4 Å². The van der Waals surface area contributed by atoms with E-state index in [9.17, 15) is 0 Å². The van der Waals surface area contributed by atoms with Gasteiger partial charge < -0.3 is 10.1 Å². The van der Waals surface area contributed by atoms with Gasteiger partial charge in [-0.25, -0.2) is 0 Å². The number of methoxy groups -OCH3 is 1. The minimum Gasteiger partial charge on any atom is -0.496 e. The van der Waals surface area contributed by atoms with Crippen LogP contribution in [-0.2, 0) is 0 Å². The van der Waals surface area contributed by atoms with Crippen LogP contribution in [0.1, 0.15) is 38.3 Å². The second-order valence-corrected chi connectivity index (χ2v) is 4.99. The highest BCUT2D eigenvalue weighted by atomic mass is 35.5. The van der Waals surface area contributed by atoms with E-state index in [0.717, 1.165) is 41.3 Å². The fourth-order valence-electron chi connectivity index (χ4n) is 1.94. The maximum absolute atomic E-state index is 6.08. The molecule has 0 bridgehead atoms. The highest BCUT2D eigenvalue weighted by Crippen LogP contribution is 2.31. The van der Waals surface area contributed by atoms with Gasteiger partial charge in [0.25, 0.3) is 0 Å². The maximum atomic E-state index is 6.08. The summed E-state index contributed by atoms with van der Waals surface area (Å²) in [5.41, 5.74) is 2.24. The Morgan fingerprint density at radius 1 is 1.50 bits per heavy atom. The molecule has 1 aromatic rings. The van der Waals surface area contributed by atoms with E-state index in [1.54, 1.807) is 7.11 Å². The predicted molar refractivity (Wildman–Crippen MR) is 78.5 cm³/mol. The number of ether oxygens (including phenoxy) is 1. The van der Waals surface area contributed by atoms with Crippen LogP contribution < -0.4 is 10.1 Å². The zero-order valence-electron chi connectivity index (χ0n) is 11.4. The molecule has 0 fully saturated rings. The first-order valence-electron chi connectivity index (χ1n) is 6.29. The molecule has 0 aliphatic heterocycles. The van der Waals surface area contributed by atoms with Crippen LogP contribution in [0, 0.1) is 0 Å². The molecule has 1 rings (SSSR count). The molecule has 2 nitrogen and oxygen atoms in total. The van der Waals surface area contributed by atoms with Crippen molar-refractivity contribution in [1.82, 2.24) is 5.32 Å². The van der Waals surface area contributed by atoms with Gasteiger partial charge in [0.05, 0.1) is 7.11 Å². The van der Waals surface area contributed by atoms with Crippen LogP contribution in [0.2, 0.25) is 5.02 Å². The molecule has 0 saturated carbocycles. The lowest BCUT2D eigenvalue weighted by atomic mass is 9.99. The molecular weight excluding hydrogens is 246 g/mol. The van der Waals surface area contributed by atoms with Gasteiger partial charge in [-0.1, -0.05) is 24.1 Å². The van der Waals surface area contributed by atoms with Crippen molar-refractivity contribution >= 4 is 11.6 Å². The summed E-state index contributed by atoms with van der Waals surface area (Å²) in [6.07, 6.45) is 1.98. The molecule has 1 atom stereocenters. The summed E-state index contributed by atoms with van der Waals surface area (Å²) in [7, 11) is 1.68. The summed E-state index contributed by atoms with van der Waals surface area (Å²) in [5, 5.41) is 4.25. The highest BCUT2D eigenvalue weighted by molar-refractivity contribution is 6.30. The van der Waals surface area contributed by atoms with Crippen LogP contribution in [0.4, 0.5) is 0 Å².